The number of carbonyl (C=O) groups is 2. The average molecular weight is 550 g/mol. The monoisotopic (exact) mass is 549 g/mol. The van der Waals surface area contributed by atoms with E-state index in [0.29, 0.717) is 24.9 Å². The lowest BCUT2D eigenvalue weighted by molar-refractivity contribution is -0.141. The number of carbonyl (C=O) groups excluding carboxylic acids is 2. The third-order valence-electron chi connectivity index (χ3n) is 6.59. The van der Waals surface area contributed by atoms with Crippen molar-refractivity contribution in [2.75, 3.05) is 13.2 Å². The van der Waals surface area contributed by atoms with Gasteiger partial charge in [0, 0.05) is 32.2 Å². The van der Waals surface area contributed by atoms with Gasteiger partial charge < -0.3 is 15.3 Å². The Morgan fingerprint density at radius 1 is 0.897 bits per heavy atom. The van der Waals surface area contributed by atoms with E-state index < -0.39 is 16.1 Å². The minimum absolute atomic E-state index is 0.0290. The molecule has 3 N–H and O–H groups in total. The lowest BCUT2D eigenvalue weighted by Gasteiger charge is -2.32. The van der Waals surface area contributed by atoms with Gasteiger partial charge in [-0.3, -0.25) is 9.59 Å². The van der Waals surface area contributed by atoms with Crippen LogP contribution in [0.4, 0.5) is 0 Å². The van der Waals surface area contributed by atoms with Crippen molar-refractivity contribution in [2.45, 2.75) is 55.6 Å². The fraction of sp³-hybridized carbons (Fsp3) is 0.333. The van der Waals surface area contributed by atoms with Crippen LogP contribution in [0.1, 0.15) is 48.4 Å². The van der Waals surface area contributed by atoms with Crippen LogP contribution in [0.2, 0.25) is 0 Å². The predicted molar refractivity (Wildman–Crippen MR) is 149 cm³/mol. The molecule has 3 aromatic carbocycles. The van der Waals surface area contributed by atoms with E-state index >= 15 is 0 Å². The molecule has 0 unspecified atom stereocenters. The fourth-order valence-electron chi connectivity index (χ4n) is 4.32. The molecule has 1 aliphatic carbocycles. The van der Waals surface area contributed by atoms with Gasteiger partial charge in [-0.05, 0) is 54.5 Å². The van der Waals surface area contributed by atoms with E-state index in [9.17, 15) is 18.0 Å². The molecule has 1 fully saturated rings. The number of rotatable bonds is 14. The Hall–Kier alpha value is -3.53. The number of aliphatic hydroxyl groups excluding tert-OH is 1. The summed E-state index contributed by atoms with van der Waals surface area (Å²) in [5.74, 6) is -0.506. The van der Waals surface area contributed by atoms with Gasteiger partial charge in [-0.2, -0.15) is 0 Å². The van der Waals surface area contributed by atoms with Gasteiger partial charge in [-0.1, -0.05) is 72.8 Å². The van der Waals surface area contributed by atoms with E-state index in [1.165, 1.54) is 0 Å². The molecule has 0 spiro atoms. The van der Waals surface area contributed by atoms with E-state index in [1.807, 2.05) is 60.7 Å². The van der Waals surface area contributed by atoms with Crippen LogP contribution in [0, 0.1) is 0 Å². The Kier molecular flexibility index (Phi) is 9.86. The van der Waals surface area contributed by atoms with E-state index in [1.54, 1.807) is 29.2 Å². The molecule has 3 aromatic rings. The highest BCUT2D eigenvalue weighted by atomic mass is 32.2. The van der Waals surface area contributed by atoms with Crippen molar-refractivity contribution in [3.8, 4) is 0 Å². The van der Waals surface area contributed by atoms with Gasteiger partial charge >= 0.3 is 0 Å². The summed E-state index contributed by atoms with van der Waals surface area (Å²) in [5, 5.41) is 12.0. The topological polar surface area (TPSA) is 116 Å². The molecule has 2 amide bonds. The highest BCUT2D eigenvalue weighted by Crippen LogP contribution is 2.26. The van der Waals surface area contributed by atoms with E-state index in [0.717, 1.165) is 24.0 Å². The van der Waals surface area contributed by atoms with Gasteiger partial charge in [-0.15, -0.1) is 0 Å². The van der Waals surface area contributed by atoms with Crippen LogP contribution in [0.3, 0.4) is 0 Å². The second kappa shape index (κ2) is 13.5. The van der Waals surface area contributed by atoms with Gasteiger partial charge in [0.25, 0.3) is 0 Å². The fourth-order valence-corrected chi connectivity index (χ4v) is 5.62. The molecule has 9 heteroatoms. The summed E-state index contributed by atoms with van der Waals surface area (Å²) in [4.78, 5) is 28.9. The number of hydrogen-bond acceptors (Lipinski definition) is 5. The van der Waals surface area contributed by atoms with Crippen molar-refractivity contribution in [3.05, 3.63) is 102 Å². The molecule has 8 nitrogen and oxygen atoms in total. The summed E-state index contributed by atoms with van der Waals surface area (Å²) in [7, 11) is -3.54. The Morgan fingerprint density at radius 3 is 2.15 bits per heavy atom. The number of amides is 2. The maximum atomic E-state index is 13.7. The van der Waals surface area contributed by atoms with Gasteiger partial charge in [0.1, 0.15) is 6.04 Å². The van der Waals surface area contributed by atoms with Crippen LogP contribution in [-0.2, 0) is 32.6 Å². The molecule has 39 heavy (non-hydrogen) atoms. The number of nitrogens with one attached hydrogen (secondary N) is 2. The molecule has 0 aliphatic heterocycles. The molecule has 1 aliphatic rings. The Morgan fingerprint density at radius 2 is 1.54 bits per heavy atom. The normalized spacial score (nSPS) is 14.0. The zero-order valence-corrected chi connectivity index (χ0v) is 22.6. The summed E-state index contributed by atoms with van der Waals surface area (Å²) in [5.41, 5.74) is 2.42. The number of sulfonamides is 1. The lowest BCUT2D eigenvalue weighted by Crippen LogP contribution is -2.43. The SMILES string of the molecule is O=C(NCCCO)[C@H](c1ccccc1)N(Cc1ccccc1)C(=O)CCc1ccc(S(=O)(=O)NC2CC2)cc1. The van der Waals surface area contributed by atoms with Gasteiger partial charge in [0.2, 0.25) is 21.8 Å². The Bertz CT molecular complexity index is 1330. The number of aliphatic hydroxyl groups is 1. The molecule has 0 radical (unpaired) electrons. The second-order valence-corrected chi connectivity index (χ2v) is 11.4. The summed E-state index contributed by atoms with van der Waals surface area (Å²) < 4.78 is 27.6. The van der Waals surface area contributed by atoms with Crippen molar-refractivity contribution < 1.29 is 23.1 Å². The molecule has 4 rings (SSSR count). The molecule has 206 valence electrons. The van der Waals surface area contributed by atoms with Crippen molar-refractivity contribution in [3.63, 3.8) is 0 Å². The number of aryl methyl sites for hydroxylation is 1. The maximum absolute atomic E-state index is 13.7. The van der Waals surface area contributed by atoms with Crippen LogP contribution in [0.15, 0.2) is 89.8 Å². The third kappa shape index (κ3) is 8.23. The summed E-state index contributed by atoms with van der Waals surface area (Å²) >= 11 is 0. The van der Waals surface area contributed by atoms with Crippen molar-refractivity contribution in [1.29, 1.82) is 0 Å². The van der Waals surface area contributed by atoms with Crippen molar-refractivity contribution >= 4 is 21.8 Å². The quantitative estimate of drug-likeness (QED) is 0.267. The smallest absolute Gasteiger partial charge is 0.247 e. The number of hydrogen-bond donors (Lipinski definition) is 3. The van der Waals surface area contributed by atoms with E-state index in [2.05, 4.69) is 10.0 Å². The predicted octanol–water partition coefficient (Wildman–Crippen LogP) is 3.33. The largest absolute Gasteiger partial charge is 0.396 e. The van der Waals surface area contributed by atoms with Crippen LogP contribution >= 0.6 is 0 Å². The van der Waals surface area contributed by atoms with Crippen LogP contribution in [0.5, 0.6) is 0 Å². The van der Waals surface area contributed by atoms with Crippen molar-refractivity contribution in [2.24, 2.45) is 0 Å². The van der Waals surface area contributed by atoms with Gasteiger partial charge in [0.05, 0.1) is 4.90 Å². The molecule has 0 heterocycles. The molecule has 1 saturated carbocycles. The first-order valence-electron chi connectivity index (χ1n) is 13.3. The highest BCUT2D eigenvalue weighted by Gasteiger charge is 2.31. The molecule has 0 bridgehead atoms. The Balaban J connectivity index is 1.53. The van der Waals surface area contributed by atoms with E-state index in [-0.39, 0.29) is 42.3 Å². The van der Waals surface area contributed by atoms with Gasteiger partial charge in [-0.25, -0.2) is 13.1 Å². The maximum Gasteiger partial charge on any atom is 0.247 e. The van der Waals surface area contributed by atoms with Gasteiger partial charge in [0.15, 0.2) is 0 Å². The first kappa shape index (κ1) is 28.5. The van der Waals surface area contributed by atoms with Crippen LogP contribution in [0.25, 0.3) is 0 Å². The summed E-state index contributed by atoms with van der Waals surface area (Å²) in [6.45, 7) is 0.507. The number of benzene rings is 3. The standard InChI is InChI=1S/C30H35N3O5S/c34-21-7-20-31-30(36)29(25-10-5-2-6-11-25)33(22-24-8-3-1-4-9-24)28(35)19-14-23-12-17-27(18-13-23)39(37,38)32-26-15-16-26/h1-6,8-13,17-18,26,29,32,34H,7,14-16,19-22H2,(H,31,36)/t29-/m0/s1. The third-order valence-corrected chi connectivity index (χ3v) is 8.12. The van der Waals surface area contributed by atoms with Crippen LogP contribution < -0.4 is 10.0 Å². The minimum Gasteiger partial charge on any atom is -0.396 e. The molecule has 1 atom stereocenters. The summed E-state index contributed by atoms with van der Waals surface area (Å²) in [6.07, 6.45) is 2.69. The summed E-state index contributed by atoms with van der Waals surface area (Å²) in [6, 6.07) is 24.5. The molecule has 0 aromatic heterocycles. The molecular formula is C30H35N3O5S. The zero-order chi connectivity index (χ0) is 27.7. The first-order chi connectivity index (χ1) is 18.9. The number of nitrogens with zero attached hydrogens (tertiary/aromatic N) is 1. The van der Waals surface area contributed by atoms with Crippen molar-refractivity contribution in [1.82, 2.24) is 14.9 Å². The Labute approximate surface area is 230 Å². The second-order valence-electron chi connectivity index (χ2n) is 9.73. The minimum atomic E-state index is -3.54. The van der Waals surface area contributed by atoms with E-state index in [4.69, 9.17) is 5.11 Å². The zero-order valence-electron chi connectivity index (χ0n) is 21.8. The average Bonchev–Trinajstić information content (AvgIpc) is 3.76. The first-order valence-corrected chi connectivity index (χ1v) is 14.7. The van der Waals surface area contributed by atoms with Crippen LogP contribution in [-0.4, -0.2) is 49.4 Å². The lowest BCUT2D eigenvalue weighted by atomic mass is 10.0. The highest BCUT2D eigenvalue weighted by molar-refractivity contribution is 7.89. The molecular weight excluding hydrogens is 514 g/mol. The molecule has 0 saturated heterocycles.